The van der Waals surface area contributed by atoms with Crippen LogP contribution in [-0.2, 0) is 0 Å². The van der Waals surface area contributed by atoms with Crippen LogP contribution in [0.2, 0.25) is 5.15 Å². The fraction of sp³-hybridized carbons (Fsp3) is 0.667. The molecule has 1 aromatic heterocycles. The Morgan fingerprint density at radius 2 is 2.06 bits per heavy atom. The minimum absolute atomic E-state index is 0.00719. The Balaban J connectivity index is 2.58. The van der Waals surface area contributed by atoms with Crippen LogP contribution in [0.3, 0.4) is 0 Å². The molecule has 0 aromatic carbocycles. The van der Waals surface area contributed by atoms with Gasteiger partial charge in [0.15, 0.2) is 0 Å². The first-order valence-electron chi connectivity index (χ1n) is 6.14. The molecule has 0 saturated carbocycles. The molecule has 2 rings (SSSR count). The van der Waals surface area contributed by atoms with E-state index in [4.69, 9.17) is 11.6 Å². The Morgan fingerprint density at radius 3 is 2.56 bits per heavy atom. The predicted octanol–water partition coefficient (Wildman–Crippen LogP) is 1.19. The number of likely N-dealkylation sites (N-methyl/N-ethyl adjacent to an activating group) is 1. The summed E-state index contributed by atoms with van der Waals surface area (Å²) < 4.78 is 1.32. The molecule has 0 aliphatic carbocycles. The molecule has 1 atom stereocenters. The van der Waals surface area contributed by atoms with Crippen molar-refractivity contribution in [1.82, 2.24) is 14.5 Å². The van der Waals surface area contributed by atoms with Gasteiger partial charge in [0.2, 0.25) is 0 Å². The van der Waals surface area contributed by atoms with Gasteiger partial charge in [-0.1, -0.05) is 25.4 Å². The number of rotatable bonds is 2. The zero-order valence-corrected chi connectivity index (χ0v) is 11.6. The summed E-state index contributed by atoms with van der Waals surface area (Å²) in [6, 6.07) is -0.0546. The second-order valence-electron chi connectivity index (χ2n) is 5.19. The topological polar surface area (TPSA) is 58.1 Å². The van der Waals surface area contributed by atoms with Crippen molar-refractivity contribution in [3.63, 3.8) is 0 Å². The number of H-pyrrole nitrogens is 1. The summed E-state index contributed by atoms with van der Waals surface area (Å²) in [7, 11) is 1.98. The fourth-order valence-corrected chi connectivity index (χ4v) is 2.87. The lowest BCUT2D eigenvalue weighted by atomic mass is 10.1. The van der Waals surface area contributed by atoms with E-state index < -0.39 is 5.69 Å². The predicted molar refractivity (Wildman–Crippen MR) is 71.6 cm³/mol. The van der Waals surface area contributed by atoms with Gasteiger partial charge in [-0.05, 0) is 25.9 Å². The van der Waals surface area contributed by atoms with Crippen LogP contribution in [-0.4, -0.2) is 34.6 Å². The summed E-state index contributed by atoms with van der Waals surface area (Å²) in [5, 5.41) is 0.169. The Morgan fingerprint density at radius 1 is 1.39 bits per heavy atom. The maximum absolute atomic E-state index is 12.4. The molecule has 1 unspecified atom stereocenters. The Bertz CT molecular complexity index is 561. The first-order valence-corrected chi connectivity index (χ1v) is 6.52. The molecule has 0 bridgehead atoms. The van der Waals surface area contributed by atoms with E-state index in [0.29, 0.717) is 5.56 Å². The molecule has 6 heteroatoms. The molecule has 100 valence electrons. The van der Waals surface area contributed by atoms with Crippen LogP contribution in [0.5, 0.6) is 0 Å². The summed E-state index contributed by atoms with van der Waals surface area (Å²) in [6.45, 7) is 5.41. The number of hydrogen-bond donors (Lipinski definition) is 1. The molecule has 1 aliphatic rings. The quantitative estimate of drug-likeness (QED) is 0.822. The number of hydrogen-bond acceptors (Lipinski definition) is 3. The zero-order chi connectivity index (χ0) is 13.4. The van der Waals surface area contributed by atoms with Crippen molar-refractivity contribution in [2.45, 2.75) is 32.2 Å². The maximum atomic E-state index is 12.4. The molecule has 5 nitrogen and oxygen atoms in total. The van der Waals surface area contributed by atoms with E-state index in [2.05, 4.69) is 9.88 Å². The smallest absolute Gasteiger partial charge is 0.304 e. The van der Waals surface area contributed by atoms with Crippen LogP contribution in [0.25, 0.3) is 0 Å². The van der Waals surface area contributed by atoms with E-state index in [9.17, 15) is 9.59 Å². The van der Waals surface area contributed by atoms with Gasteiger partial charge in [0.05, 0.1) is 11.6 Å². The van der Waals surface area contributed by atoms with Crippen molar-refractivity contribution in [3.05, 3.63) is 31.6 Å². The van der Waals surface area contributed by atoms with Crippen LogP contribution >= 0.6 is 11.6 Å². The summed E-state index contributed by atoms with van der Waals surface area (Å²) in [5.74, 6) is -0.00719. The van der Waals surface area contributed by atoms with Crippen LogP contribution in [0.15, 0.2) is 9.59 Å². The lowest BCUT2D eigenvalue weighted by Crippen LogP contribution is -2.41. The highest BCUT2D eigenvalue weighted by Crippen LogP contribution is 2.20. The van der Waals surface area contributed by atoms with Gasteiger partial charge in [-0.3, -0.25) is 14.3 Å². The van der Waals surface area contributed by atoms with Crippen LogP contribution in [0.1, 0.15) is 37.8 Å². The van der Waals surface area contributed by atoms with Gasteiger partial charge in [-0.15, -0.1) is 0 Å². The van der Waals surface area contributed by atoms with Crippen molar-refractivity contribution >= 4 is 11.6 Å². The molecule has 2 heterocycles. The monoisotopic (exact) mass is 271 g/mol. The van der Waals surface area contributed by atoms with Crippen molar-refractivity contribution in [1.29, 1.82) is 0 Å². The number of nitrogens with zero attached hydrogens (tertiary/aromatic N) is 2. The van der Waals surface area contributed by atoms with Gasteiger partial charge >= 0.3 is 5.69 Å². The molecule has 1 aliphatic heterocycles. The van der Waals surface area contributed by atoms with E-state index in [1.54, 1.807) is 0 Å². The fourth-order valence-electron chi connectivity index (χ4n) is 2.49. The van der Waals surface area contributed by atoms with E-state index in [1.807, 2.05) is 20.9 Å². The molecular weight excluding hydrogens is 254 g/mol. The average Bonchev–Trinajstić information content (AvgIpc) is 2.63. The summed E-state index contributed by atoms with van der Waals surface area (Å²) >= 11 is 5.96. The van der Waals surface area contributed by atoms with Crippen LogP contribution in [0, 0.1) is 0 Å². The molecule has 18 heavy (non-hydrogen) atoms. The summed E-state index contributed by atoms with van der Waals surface area (Å²) in [5.41, 5.74) is -0.167. The average molecular weight is 272 g/mol. The van der Waals surface area contributed by atoms with Crippen molar-refractivity contribution in [2.75, 3.05) is 20.1 Å². The van der Waals surface area contributed by atoms with Crippen molar-refractivity contribution < 1.29 is 0 Å². The molecule has 0 spiro atoms. The second kappa shape index (κ2) is 4.90. The van der Waals surface area contributed by atoms with E-state index in [0.717, 1.165) is 19.5 Å². The minimum Gasteiger partial charge on any atom is -0.304 e. The largest absolute Gasteiger partial charge is 0.329 e. The van der Waals surface area contributed by atoms with Crippen LogP contribution < -0.4 is 11.2 Å². The lowest BCUT2D eigenvalue weighted by Gasteiger charge is -2.16. The molecule has 1 N–H and O–H groups in total. The molecule has 0 radical (unpaired) electrons. The Kier molecular flexibility index (Phi) is 3.64. The minimum atomic E-state index is -0.408. The SMILES string of the molecule is CC(C)c1c(Cl)[nH]c(=O)n(C2CCN(C)C2)c1=O. The molecule has 1 fully saturated rings. The molecule has 1 aromatic rings. The Hall–Kier alpha value is -1.07. The highest BCUT2D eigenvalue weighted by atomic mass is 35.5. The molecule has 1 saturated heterocycles. The third-order valence-corrected chi connectivity index (χ3v) is 3.73. The van der Waals surface area contributed by atoms with Gasteiger partial charge in [0.1, 0.15) is 5.15 Å². The number of aromatic nitrogens is 2. The second-order valence-corrected chi connectivity index (χ2v) is 5.57. The van der Waals surface area contributed by atoms with Crippen molar-refractivity contribution in [3.8, 4) is 0 Å². The van der Waals surface area contributed by atoms with Gasteiger partial charge < -0.3 is 4.90 Å². The van der Waals surface area contributed by atoms with Crippen molar-refractivity contribution in [2.24, 2.45) is 0 Å². The Labute approximate surface area is 110 Å². The number of halogens is 1. The third kappa shape index (κ3) is 2.24. The zero-order valence-electron chi connectivity index (χ0n) is 10.9. The molecular formula is C12H18ClN3O2. The highest BCUT2D eigenvalue weighted by molar-refractivity contribution is 6.30. The lowest BCUT2D eigenvalue weighted by molar-refractivity contribution is 0.384. The van der Waals surface area contributed by atoms with Gasteiger partial charge in [0.25, 0.3) is 5.56 Å². The van der Waals surface area contributed by atoms with E-state index in [-0.39, 0.29) is 22.7 Å². The summed E-state index contributed by atoms with van der Waals surface area (Å²) in [4.78, 5) is 29.0. The van der Waals surface area contributed by atoms with Gasteiger partial charge in [0, 0.05) is 6.54 Å². The number of aromatic amines is 1. The first kappa shape index (κ1) is 13.4. The van der Waals surface area contributed by atoms with E-state index in [1.165, 1.54) is 4.57 Å². The van der Waals surface area contributed by atoms with Gasteiger partial charge in [-0.2, -0.15) is 0 Å². The maximum Gasteiger partial charge on any atom is 0.329 e. The standard InChI is InChI=1S/C12H18ClN3O2/c1-7(2)9-10(13)14-12(18)16(11(9)17)8-4-5-15(3)6-8/h7-8H,4-6H2,1-3H3,(H,14,18). The number of nitrogens with one attached hydrogen (secondary N) is 1. The normalized spacial score (nSPS) is 20.8. The third-order valence-electron chi connectivity index (χ3n) is 3.43. The number of likely N-dealkylation sites (tertiary alicyclic amines) is 1. The highest BCUT2D eigenvalue weighted by Gasteiger charge is 2.26. The van der Waals surface area contributed by atoms with Gasteiger partial charge in [-0.25, -0.2) is 4.79 Å². The first-order chi connectivity index (χ1) is 8.41. The van der Waals surface area contributed by atoms with E-state index >= 15 is 0 Å². The summed E-state index contributed by atoms with van der Waals surface area (Å²) in [6.07, 6.45) is 0.818. The molecule has 0 amide bonds. The van der Waals surface area contributed by atoms with Crippen LogP contribution in [0.4, 0.5) is 0 Å².